The summed E-state index contributed by atoms with van der Waals surface area (Å²) in [5.74, 6) is 8.51. The fourth-order valence-corrected chi connectivity index (χ4v) is 2.33. The van der Waals surface area contributed by atoms with E-state index in [9.17, 15) is 0 Å². The Bertz CT molecular complexity index is 736. The second-order valence-corrected chi connectivity index (χ2v) is 4.88. The molecule has 110 valence electrons. The molecule has 0 aliphatic rings. The van der Waals surface area contributed by atoms with Crippen LogP contribution in [0.15, 0.2) is 24.4 Å². The molecular formula is C19H18N2O. The average molecular weight is 290 g/mol. The Balaban J connectivity index is 2.12. The van der Waals surface area contributed by atoms with E-state index in [0.717, 1.165) is 29.6 Å². The molecule has 0 saturated carbocycles. The molecule has 3 nitrogen and oxygen atoms in total. The van der Waals surface area contributed by atoms with E-state index in [1.807, 2.05) is 24.4 Å². The maximum atomic E-state index is 5.48. The van der Waals surface area contributed by atoms with Crippen molar-refractivity contribution in [3.63, 3.8) is 0 Å². The van der Waals surface area contributed by atoms with Crippen LogP contribution in [-0.4, -0.2) is 36.1 Å². The smallest absolute Gasteiger partial charge is 0.148 e. The van der Waals surface area contributed by atoms with Gasteiger partial charge < -0.3 is 9.72 Å². The van der Waals surface area contributed by atoms with Crippen LogP contribution in [0.5, 0.6) is 5.75 Å². The number of nitrogens with zero attached hydrogens (tertiary/aromatic N) is 1. The Morgan fingerprint density at radius 2 is 1.86 bits per heavy atom. The van der Waals surface area contributed by atoms with Crippen LogP contribution in [0.2, 0.25) is 0 Å². The maximum absolute atomic E-state index is 5.48. The average Bonchev–Trinajstić information content (AvgIpc) is 2.93. The summed E-state index contributed by atoms with van der Waals surface area (Å²) in [7, 11) is 0. The molecule has 2 aromatic rings. The first-order valence-electron chi connectivity index (χ1n) is 7.04. The van der Waals surface area contributed by atoms with Gasteiger partial charge in [0, 0.05) is 23.6 Å². The predicted octanol–water partition coefficient (Wildman–Crippen LogP) is 2.29. The van der Waals surface area contributed by atoms with Gasteiger partial charge in [0.1, 0.15) is 12.4 Å². The van der Waals surface area contributed by atoms with Crippen molar-refractivity contribution in [2.45, 2.75) is 6.42 Å². The minimum atomic E-state index is 0.267. The van der Waals surface area contributed by atoms with Crippen molar-refractivity contribution in [3.05, 3.63) is 30.0 Å². The molecule has 0 fully saturated rings. The third-order valence-corrected chi connectivity index (χ3v) is 3.39. The molecule has 1 heterocycles. The van der Waals surface area contributed by atoms with E-state index >= 15 is 0 Å². The topological polar surface area (TPSA) is 28.3 Å². The van der Waals surface area contributed by atoms with Crippen LogP contribution in [-0.2, 0) is 6.42 Å². The monoisotopic (exact) mass is 290 g/mol. The van der Waals surface area contributed by atoms with E-state index in [-0.39, 0.29) is 6.61 Å². The summed E-state index contributed by atoms with van der Waals surface area (Å²) in [6.07, 6.45) is 18.8. The van der Waals surface area contributed by atoms with Crippen LogP contribution < -0.4 is 4.74 Å². The number of hydrogen-bond acceptors (Lipinski definition) is 2. The standard InChI is InChI=1S/C19H18N2O/c1-4-10-21(11-5-2)12-9-16-15-20-19-8-7-17(14-18(16)19)22-13-6-3/h1-3,7-8,14-15,20H,9-13H2. The number of ether oxygens (including phenoxy) is 1. The number of aromatic amines is 1. The number of rotatable bonds is 7. The first kappa shape index (κ1) is 15.6. The van der Waals surface area contributed by atoms with Gasteiger partial charge in [-0.1, -0.05) is 17.8 Å². The van der Waals surface area contributed by atoms with E-state index in [1.165, 1.54) is 5.56 Å². The summed E-state index contributed by atoms with van der Waals surface area (Å²) in [6, 6.07) is 5.90. The van der Waals surface area contributed by atoms with Crippen molar-refractivity contribution in [3.8, 4) is 42.8 Å². The molecule has 2 rings (SSSR count). The summed E-state index contributed by atoms with van der Waals surface area (Å²) in [5.41, 5.74) is 2.28. The highest BCUT2D eigenvalue weighted by molar-refractivity contribution is 5.84. The summed E-state index contributed by atoms with van der Waals surface area (Å²) < 4.78 is 5.48. The molecule has 0 saturated heterocycles. The summed E-state index contributed by atoms with van der Waals surface area (Å²) >= 11 is 0. The predicted molar refractivity (Wildman–Crippen MR) is 90.4 cm³/mol. The second-order valence-electron chi connectivity index (χ2n) is 4.88. The van der Waals surface area contributed by atoms with Crippen molar-refractivity contribution < 1.29 is 4.74 Å². The van der Waals surface area contributed by atoms with E-state index in [4.69, 9.17) is 24.0 Å². The molecule has 0 amide bonds. The maximum Gasteiger partial charge on any atom is 0.148 e. The van der Waals surface area contributed by atoms with Gasteiger partial charge in [0.2, 0.25) is 0 Å². The number of nitrogens with one attached hydrogen (secondary N) is 1. The number of fused-ring (bicyclic) bond motifs is 1. The zero-order valence-electron chi connectivity index (χ0n) is 12.4. The minimum absolute atomic E-state index is 0.267. The van der Waals surface area contributed by atoms with Gasteiger partial charge in [0.15, 0.2) is 0 Å². The fraction of sp³-hybridized carbons (Fsp3) is 0.263. The van der Waals surface area contributed by atoms with Crippen molar-refractivity contribution in [1.82, 2.24) is 9.88 Å². The quantitative estimate of drug-likeness (QED) is 0.793. The van der Waals surface area contributed by atoms with Crippen LogP contribution in [0.1, 0.15) is 5.56 Å². The summed E-state index contributed by atoms with van der Waals surface area (Å²) in [4.78, 5) is 5.33. The largest absolute Gasteiger partial charge is 0.481 e. The van der Waals surface area contributed by atoms with Gasteiger partial charge in [-0.2, -0.15) is 0 Å². The first-order valence-corrected chi connectivity index (χ1v) is 7.04. The number of hydrogen-bond donors (Lipinski definition) is 1. The lowest BCUT2D eigenvalue weighted by atomic mass is 10.1. The van der Waals surface area contributed by atoms with Crippen LogP contribution in [0.3, 0.4) is 0 Å². The highest BCUT2D eigenvalue weighted by atomic mass is 16.5. The SMILES string of the molecule is C#CCOc1ccc2[nH]cc(CCN(CC#C)CC#C)c2c1. The molecule has 3 heteroatoms. The van der Waals surface area contributed by atoms with Gasteiger partial charge in [0.25, 0.3) is 0 Å². The van der Waals surface area contributed by atoms with Crippen LogP contribution in [0.25, 0.3) is 10.9 Å². The molecule has 0 spiro atoms. The Labute approximate surface area is 131 Å². The van der Waals surface area contributed by atoms with Gasteiger partial charge in [-0.3, -0.25) is 4.90 Å². The molecule has 1 N–H and O–H groups in total. The highest BCUT2D eigenvalue weighted by Gasteiger charge is 2.08. The van der Waals surface area contributed by atoms with Gasteiger partial charge in [-0.25, -0.2) is 0 Å². The van der Waals surface area contributed by atoms with Gasteiger partial charge >= 0.3 is 0 Å². The van der Waals surface area contributed by atoms with Crippen molar-refractivity contribution in [1.29, 1.82) is 0 Å². The lowest BCUT2D eigenvalue weighted by Crippen LogP contribution is -2.26. The van der Waals surface area contributed by atoms with Crippen LogP contribution in [0.4, 0.5) is 0 Å². The summed E-state index contributed by atoms with van der Waals surface area (Å²) in [5, 5.41) is 1.14. The van der Waals surface area contributed by atoms with Crippen molar-refractivity contribution in [2.24, 2.45) is 0 Å². The van der Waals surface area contributed by atoms with Crippen LogP contribution >= 0.6 is 0 Å². The minimum Gasteiger partial charge on any atom is -0.481 e. The Kier molecular flexibility index (Phi) is 5.56. The van der Waals surface area contributed by atoms with Gasteiger partial charge in [0.05, 0.1) is 13.1 Å². The van der Waals surface area contributed by atoms with E-state index in [0.29, 0.717) is 13.1 Å². The summed E-state index contributed by atoms with van der Waals surface area (Å²) in [6.45, 7) is 2.20. The molecule has 0 aliphatic heterocycles. The van der Waals surface area contributed by atoms with Crippen molar-refractivity contribution in [2.75, 3.05) is 26.2 Å². The van der Waals surface area contributed by atoms with E-state index < -0.39 is 0 Å². The molecular weight excluding hydrogens is 272 g/mol. The molecule has 1 aromatic carbocycles. The molecule has 0 atom stereocenters. The third-order valence-electron chi connectivity index (χ3n) is 3.39. The lowest BCUT2D eigenvalue weighted by Gasteiger charge is -2.16. The van der Waals surface area contributed by atoms with Crippen LogP contribution in [0, 0.1) is 37.0 Å². The molecule has 0 bridgehead atoms. The molecule has 0 unspecified atom stereocenters. The molecule has 0 radical (unpaired) electrons. The van der Waals surface area contributed by atoms with Gasteiger partial charge in [-0.15, -0.1) is 19.3 Å². The van der Waals surface area contributed by atoms with Gasteiger partial charge in [-0.05, 0) is 30.2 Å². The first-order chi connectivity index (χ1) is 10.8. The number of H-pyrrole nitrogens is 1. The van der Waals surface area contributed by atoms with E-state index in [2.05, 4.69) is 27.6 Å². The molecule has 22 heavy (non-hydrogen) atoms. The van der Waals surface area contributed by atoms with Crippen molar-refractivity contribution >= 4 is 10.9 Å². The third kappa shape index (κ3) is 3.86. The Hall–Kier alpha value is -2.80. The lowest BCUT2D eigenvalue weighted by molar-refractivity contribution is 0.350. The zero-order valence-corrected chi connectivity index (χ0v) is 12.4. The second kappa shape index (κ2) is 7.84. The zero-order chi connectivity index (χ0) is 15.8. The normalized spacial score (nSPS) is 10.1. The van der Waals surface area contributed by atoms with E-state index in [1.54, 1.807) is 0 Å². The molecule has 0 aliphatic carbocycles. The Morgan fingerprint density at radius 3 is 2.55 bits per heavy atom. The highest BCUT2D eigenvalue weighted by Crippen LogP contribution is 2.24. The fourth-order valence-electron chi connectivity index (χ4n) is 2.33. The Morgan fingerprint density at radius 1 is 1.09 bits per heavy atom. The number of terminal acetylenes is 3. The number of aromatic nitrogens is 1. The number of benzene rings is 1. The molecule has 1 aromatic heterocycles.